The molecule has 0 aromatic heterocycles. The number of nitrogens with zero attached hydrogens (tertiary/aromatic N) is 1. The molecule has 86 valence electrons. The Morgan fingerprint density at radius 1 is 1.07 bits per heavy atom. The molecule has 0 atom stereocenters. The second-order valence-electron chi connectivity index (χ2n) is 4.88. The molecule has 1 aliphatic rings. The molecule has 1 saturated heterocycles. The van der Waals surface area contributed by atoms with Crippen LogP contribution in [0.1, 0.15) is 46.5 Å². The van der Waals surface area contributed by atoms with Gasteiger partial charge in [0.05, 0.1) is 0 Å². The third kappa shape index (κ3) is 5.78. The number of rotatable bonds is 5. The first-order valence-corrected chi connectivity index (χ1v) is 6.20. The van der Waals surface area contributed by atoms with Crippen LogP contribution < -0.4 is 0 Å². The molecule has 0 radical (unpaired) electrons. The Morgan fingerprint density at radius 2 is 1.73 bits per heavy atom. The van der Waals surface area contributed by atoms with Crippen molar-refractivity contribution in [3.63, 3.8) is 0 Å². The van der Waals surface area contributed by atoms with Crippen LogP contribution in [0.5, 0.6) is 0 Å². The first-order valence-electron chi connectivity index (χ1n) is 6.20. The Labute approximate surface area is 94.9 Å². The summed E-state index contributed by atoms with van der Waals surface area (Å²) in [5.41, 5.74) is 2.97. The van der Waals surface area contributed by atoms with Gasteiger partial charge in [-0.3, -0.25) is 4.90 Å². The summed E-state index contributed by atoms with van der Waals surface area (Å²) >= 11 is 0. The van der Waals surface area contributed by atoms with Gasteiger partial charge in [-0.1, -0.05) is 23.3 Å². The van der Waals surface area contributed by atoms with E-state index in [4.69, 9.17) is 0 Å². The summed E-state index contributed by atoms with van der Waals surface area (Å²) in [6.07, 6.45) is 9.94. The molecular formula is C14H25N. The van der Waals surface area contributed by atoms with Crippen LogP contribution >= 0.6 is 0 Å². The van der Waals surface area contributed by atoms with Gasteiger partial charge in [-0.15, -0.1) is 0 Å². The monoisotopic (exact) mass is 207 g/mol. The van der Waals surface area contributed by atoms with Gasteiger partial charge in [-0.2, -0.15) is 0 Å². The van der Waals surface area contributed by atoms with Crippen LogP contribution in [0, 0.1) is 0 Å². The van der Waals surface area contributed by atoms with E-state index < -0.39 is 0 Å². The second kappa shape index (κ2) is 6.84. The molecule has 1 nitrogen and oxygen atoms in total. The highest BCUT2D eigenvalue weighted by Gasteiger charge is 2.08. The Kier molecular flexibility index (Phi) is 5.70. The number of allylic oxidation sites excluding steroid dienone is 3. The molecule has 15 heavy (non-hydrogen) atoms. The zero-order valence-electron chi connectivity index (χ0n) is 10.6. The standard InChI is InChI=1S/C14H25N/c1-13(2)7-6-8-14(3)9-12-15-10-4-5-11-15/h7,9H,4-6,8,10-12H2,1-3H3/b14-9+. The number of hydrogen-bond acceptors (Lipinski definition) is 1. The highest BCUT2D eigenvalue weighted by Crippen LogP contribution is 2.10. The fraction of sp³-hybridized carbons (Fsp3) is 0.714. The second-order valence-corrected chi connectivity index (χ2v) is 4.88. The molecule has 0 spiro atoms. The number of likely N-dealkylation sites (tertiary alicyclic amines) is 1. The van der Waals surface area contributed by atoms with Crippen LogP contribution in [0.25, 0.3) is 0 Å². The van der Waals surface area contributed by atoms with Gasteiger partial charge in [0.25, 0.3) is 0 Å². The summed E-state index contributed by atoms with van der Waals surface area (Å²) in [4.78, 5) is 2.55. The minimum atomic E-state index is 1.17. The van der Waals surface area contributed by atoms with E-state index >= 15 is 0 Å². The molecule has 1 rings (SSSR count). The highest BCUT2D eigenvalue weighted by molar-refractivity contribution is 5.03. The van der Waals surface area contributed by atoms with Crippen molar-refractivity contribution < 1.29 is 0 Å². The lowest BCUT2D eigenvalue weighted by molar-refractivity contribution is 0.376. The normalized spacial score (nSPS) is 18.2. The highest BCUT2D eigenvalue weighted by atomic mass is 15.1. The van der Waals surface area contributed by atoms with Crippen LogP contribution in [-0.2, 0) is 0 Å². The minimum Gasteiger partial charge on any atom is -0.300 e. The van der Waals surface area contributed by atoms with Crippen molar-refractivity contribution in [1.82, 2.24) is 4.90 Å². The average Bonchev–Trinajstić information content (AvgIpc) is 2.66. The first-order chi connectivity index (χ1) is 7.18. The lowest BCUT2D eigenvalue weighted by Crippen LogP contribution is -2.18. The van der Waals surface area contributed by atoms with Crippen molar-refractivity contribution in [2.75, 3.05) is 19.6 Å². The fourth-order valence-electron chi connectivity index (χ4n) is 1.94. The van der Waals surface area contributed by atoms with Gasteiger partial charge in [-0.25, -0.2) is 0 Å². The zero-order valence-corrected chi connectivity index (χ0v) is 10.6. The van der Waals surface area contributed by atoms with Gasteiger partial charge in [0.15, 0.2) is 0 Å². The molecule has 1 fully saturated rings. The van der Waals surface area contributed by atoms with Crippen molar-refractivity contribution in [2.24, 2.45) is 0 Å². The topological polar surface area (TPSA) is 3.24 Å². The molecule has 0 unspecified atom stereocenters. The quantitative estimate of drug-likeness (QED) is 0.620. The minimum absolute atomic E-state index is 1.17. The Morgan fingerprint density at radius 3 is 2.33 bits per heavy atom. The molecule has 0 aromatic carbocycles. The van der Waals surface area contributed by atoms with Crippen LogP contribution in [0.15, 0.2) is 23.3 Å². The summed E-state index contributed by atoms with van der Waals surface area (Å²) in [6.45, 7) is 10.4. The van der Waals surface area contributed by atoms with Crippen molar-refractivity contribution in [3.05, 3.63) is 23.3 Å². The molecule has 1 aliphatic heterocycles. The summed E-state index contributed by atoms with van der Waals surface area (Å²) < 4.78 is 0. The van der Waals surface area contributed by atoms with E-state index in [2.05, 4.69) is 37.8 Å². The SMILES string of the molecule is CC(C)=CCC/C(C)=C/CN1CCCC1. The van der Waals surface area contributed by atoms with Gasteiger partial charge >= 0.3 is 0 Å². The lowest BCUT2D eigenvalue weighted by atomic mass is 10.1. The van der Waals surface area contributed by atoms with Crippen molar-refractivity contribution in [2.45, 2.75) is 46.5 Å². The third-order valence-electron chi connectivity index (χ3n) is 2.99. The van der Waals surface area contributed by atoms with Crippen molar-refractivity contribution >= 4 is 0 Å². The summed E-state index contributed by atoms with van der Waals surface area (Å²) in [7, 11) is 0. The van der Waals surface area contributed by atoms with Gasteiger partial charge in [-0.05, 0) is 59.5 Å². The summed E-state index contributed by atoms with van der Waals surface area (Å²) in [5, 5.41) is 0. The Bertz CT molecular complexity index is 228. The average molecular weight is 207 g/mol. The summed E-state index contributed by atoms with van der Waals surface area (Å²) in [5.74, 6) is 0. The van der Waals surface area contributed by atoms with E-state index in [0.717, 1.165) is 0 Å². The lowest BCUT2D eigenvalue weighted by Gasteiger charge is -2.11. The largest absolute Gasteiger partial charge is 0.300 e. The summed E-state index contributed by atoms with van der Waals surface area (Å²) in [6, 6.07) is 0. The molecule has 0 aliphatic carbocycles. The van der Waals surface area contributed by atoms with Crippen molar-refractivity contribution in [1.29, 1.82) is 0 Å². The van der Waals surface area contributed by atoms with Crippen LogP contribution in [0.3, 0.4) is 0 Å². The fourth-order valence-corrected chi connectivity index (χ4v) is 1.94. The van der Waals surface area contributed by atoms with E-state index in [1.807, 2.05) is 0 Å². The molecule has 0 amide bonds. The van der Waals surface area contributed by atoms with E-state index in [-0.39, 0.29) is 0 Å². The molecule has 1 heteroatoms. The smallest absolute Gasteiger partial charge is 0.0165 e. The molecular weight excluding hydrogens is 182 g/mol. The van der Waals surface area contributed by atoms with E-state index in [1.165, 1.54) is 50.9 Å². The van der Waals surface area contributed by atoms with Gasteiger partial charge in [0.2, 0.25) is 0 Å². The van der Waals surface area contributed by atoms with E-state index in [0.29, 0.717) is 0 Å². The predicted molar refractivity (Wildman–Crippen MR) is 68.1 cm³/mol. The number of hydrogen-bond donors (Lipinski definition) is 0. The third-order valence-corrected chi connectivity index (χ3v) is 2.99. The molecule has 0 bridgehead atoms. The van der Waals surface area contributed by atoms with Crippen LogP contribution in [0.2, 0.25) is 0 Å². The maximum absolute atomic E-state index is 2.55. The van der Waals surface area contributed by atoms with E-state index in [9.17, 15) is 0 Å². The van der Waals surface area contributed by atoms with Gasteiger partial charge in [0.1, 0.15) is 0 Å². The first kappa shape index (κ1) is 12.5. The van der Waals surface area contributed by atoms with Crippen molar-refractivity contribution in [3.8, 4) is 0 Å². The van der Waals surface area contributed by atoms with Gasteiger partial charge < -0.3 is 0 Å². The zero-order chi connectivity index (χ0) is 11.1. The predicted octanol–water partition coefficient (Wildman–Crippen LogP) is 3.77. The van der Waals surface area contributed by atoms with Gasteiger partial charge in [0, 0.05) is 6.54 Å². The Balaban J connectivity index is 2.17. The molecule has 0 aromatic rings. The maximum Gasteiger partial charge on any atom is 0.0165 e. The molecule has 0 N–H and O–H groups in total. The maximum atomic E-state index is 2.55. The van der Waals surface area contributed by atoms with Crippen LogP contribution in [0.4, 0.5) is 0 Å². The molecule has 0 saturated carbocycles. The molecule has 1 heterocycles. The van der Waals surface area contributed by atoms with E-state index in [1.54, 1.807) is 5.57 Å². The Hall–Kier alpha value is -0.560. The van der Waals surface area contributed by atoms with Crippen LogP contribution in [-0.4, -0.2) is 24.5 Å².